The summed E-state index contributed by atoms with van der Waals surface area (Å²) in [7, 11) is 0. The van der Waals surface area contributed by atoms with Gasteiger partial charge in [-0.3, -0.25) is 0 Å². The van der Waals surface area contributed by atoms with E-state index in [9.17, 15) is 30.6 Å². The fraction of sp³-hybridized carbons (Fsp3) is 1.00. The van der Waals surface area contributed by atoms with E-state index in [2.05, 4.69) is 0 Å². The first-order valence-electron chi connectivity index (χ1n) is 6.93. The second kappa shape index (κ2) is 7.01. The average molecular weight is 326 g/mol. The maximum atomic E-state index is 9.92. The van der Waals surface area contributed by atoms with Crippen LogP contribution in [0.1, 0.15) is 6.92 Å². The minimum absolute atomic E-state index is 0.620. The smallest absolute Gasteiger partial charge is 0.187 e. The molecule has 0 saturated carbocycles. The molecule has 2 aliphatic heterocycles. The van der Waals surface area contributed by atoms with Crippen molar-refractivity contribution in [1.29, 1.82) is 0 Å². The number of aliphatic hydroxyl groups is 7. The maximum absolute atomic E-state index is 9.92. The van der Waals surface area contributed by atoms with Crippen LogP contribution in [0.5, 0.6) is 0 Å². The van der Waals surface area contributed by atoms with Crippen LogP contribution in [0.3, 0.4) is 0 Å². The van der Waals surface area contributed by atoms with Gasteiger partial charge in [0, 0.05) is 0 Å². The van der Waals surface area contributed by atoms with Crippen LogP contribution in [-0.4, -0.2) is 104 Å². The van der Waals surface area contributed by atoms with E-state index in [0.717, 1.165) is 0 Å². The SMILES string of the molecule is C[C@@H]1O[C@@H](O)[C@H](O)[C@H](O)[C@H]1O[C@H]1O[C@H](CO)[C@@H](O)[C@H](O)[C@H]1O. The summed E-state index contributed by atoms with van der Waals surface area (Å²) in [6.07, 6.45) is -14.2. The second-order valence-corrected chi connectivity index (χ2v) is 5.51. The molecule has 0 spiro atoms. The molecule has 0 aromatic heterocycles. The highest BCUT2D eigenvalue weighted by molar-refractivity contribution is 4.92. The highest BCUT2D eigenvalue weighted by Gasteiger charge is 2.49. The first-order chi connectivity index (χ1) is 10.3. The number of hydrogen-bond acceptors (Lipinski definition) is 10. The van der Waals surface area contributed by atoms with Crippen LogP contribution < -0.4 is 0 Å². The summed E-state index contributed by atoms with van der Waals surface area (Å²) in [6, 6.07) is 0. The van der Waals surface area contributed by atoms with E-state index in [4.69, 9.17) is 19.3 Å². The Morgan fingerprint density at radius 2 is 1.45 bits per heavy atom. The lowest BCUT2D eigenvalue weighted by molar-refractivity contribution is -0.351. The van der Waals surface area contributed by atoms with Gasteiger partial charge in [-0.2, -0.15) is 0 Å². The van der Waals surface area contributed by atoms with Crippen molar-refractivity contribution < 1.29 is 50.0 Å². The van der Waals surface area contributed by atoms with Crippen LogP contribution in [0, 0.1) is 0 Å². The molecular formula is C12H22O10. The zero-order valence-electron chi connectivity index (χ0n) is 11.8. The van der Waals surface area contributed by atoms with Crippen molar-refractivity contribution in [3.63, 3.8) is 0 Å². The van der Waals surface area contributed by atoms with Gasteiger partial charge in [0.15, 0.2) is 12.6 Å². The molecule has 7 N–H and O–H groups in total. The van der Waals surface area contributed by atoms with Gasteiger partial charge in [0.25, 0.3) is 0 Å². The Balaban J connectivity index is 2.08. The Morgan fingerprint density at radius 1 is 0.818 bits per heavy atom. The van der Waals surface area contributed by atoms with Gasteiger partial charge >= 0.3 is 0 Å². The number of aliphatic hydroxyl groups excluding tert-OH is 7. The van der Waals surface area contributed by atoms with Crippen LogP contribution in [-0.2, 0) is 14.2 Å². The molecule has 0 aromatic carbocycles. The molecule has 0 unspecified atom stereocenters. The standard InChI is InChI=1S/C12H22O10/c1-3-10(7(16)8(17)11(19)20-3)22-12-9(18)6(15)5(14)4(2-13)21-12/h3-19H,2H2,1H3/t3-,4+,5+,6-,7-,8+,9+,10-,11+,12+/m0/s1. The number of ether oxygens (including phenoxy) is 3. The highest BCUT2D eigenvalue weighted by Crippen LogP contribution is 2.28. The fourth-order valence-electron chi connectivity index (χ4n) is 2.54. The lowest BCUT2D eigenvalue weighted by Gasteiger charge is -2.44. The molecule has 0 radical (unpaired) electrons. The molecule has 22 heavy (non-hydrogen) atoms. The summed E-state index contributed by atoms with van der Waals surface area (Å²) in [5, 5.41) is 67.2. The molecule has 0 aromatic rings. The molecule has 10 nitrogen and oxygen atoms in total. The largest absolute Gasteiger partial charge is 0.394 e. The van der Waals surface area contributed by atoms with E-state index in [1.165, 1.54) is 6.92 Å². The van der Waals surface area contributed by atoms with Gasteiger partial charge in [0.05, 0.1) is 12.7 Å². The van der Waals surface area contributed by atoms with Crippen LogP contribution in [0.4, 0.5) is 0 Å². The van der Waals surface area contributed by atoms with Gasteiger partial charge in [-0.1, -0.05) is 0 Å². The van der Waals surface area contributed by atoms with E-state index in [1.54, 1.807) is 0 Å². The third-order valence-corrected chi connectivity index (χ3v) is 3.94. The van der Waals surface area contributed by atoms with E-state index >= 15 is 0 Å². The van der Waals surface area contributed by atoms with Crippen molar-refractivity contribution in [3.05, 3.63) is 0 Å². The minimum atomic E-state index is -1.64. The maximum Gasteiger partial charge on any atom is 0.187 e. The van der Waals surface area contributed by atoms with Gasteiger partial charge in [-0.15, -0.1) is 0 Å². The molecule has 2 fully saturated rings. The van der Waals surface area contributed by atoms with Crippen LogP contribution >= 0.6 is 0 Å². The molecular weight excluding hydrogens is 304 g/mol. The summed E-state index contributed by atoms with van der Waals surface area (Å²) in [5.74, 6) is 0. The zero-order chi connectivity index (χ0) is 16.6. The lowest BCUT2D eigenvalue weighted by Crippen LogP contribution is -2.63. The lowest BCUT2D eigenvalue weighted by atomic mass is 9.97. The number of hydrogen-bond donors (Lipinski definition) is 7. The normalized spacial score (nSPS) is 53.5. The Bertz CT molecular complexity index is 366. The van der Waals surface area contributed by atoms with Crippen LogP contribution in [0.2, 0.25) is 0 Å². The van der Waals surface area contributed by atoms with Crippen molar-refractivity contribution in [2.45, 2.75) is 68.3 Å². The minimum Gasteiger partial charge on any atom is -0.394 e. The zero-order valence-corrected chi connectivity index (χ0v) is 11.8. The third-order valence-electron chi connectivity index (χ3n) is 3.94. The number of rotatable bonds is 3. The summed E-state index contributed by atoms with van der Waals surface area (Å²) < 4.78 is 15.5. The van der Waals surface area contributed by atoms with Gasteiger partial charge in [-0.05, 0) is 6.92 Å². The van der Waals surface area contributed by atoms with Gasteiger partial charge < -0.3 is 50.0 Å². The molecule has 0 amide bonds. The Labute approximate surface area is 126 Å². The molecule has 2 rings (SSSR count). The average Bonchev–Trinajstić information content (AvgIpc) is 2.49. The first-order valence-corrected chi connectivity index (χ1v) is 6.93. The van der Waals surface area contributed by atoms with Crippen molar-refractivity contribution in [2.75, 3.05) is 6.61 Å². The topological polar surface area (TPSA) is 169 Å². The first kappa shape index (κ1) is 17.9. The van der Waals surface area contributed by atoms with Crippen molar-refractivity contribution >= 4 is 0 Å². The van der Waals surface area contributed by atoms with Crippen LogP contribution in [0.15, 0.2) is 0 Å². The van der Waals surface area contributed by atoms with Gasteiger partial charge in [0.1, 0.15) is 42.7 Å². The van der Waals surface area contributed by atoms with Gasteiger partial charge in [0.2, 0.25) is 0 Å². The fourth-order valence-corrected chi connectivity index (χ4v) is 2.54. The predicted molar refractivity (Wildman–Crippen MR) is 67.2 cm³/mol. The quantitative estimate of drug-likeness (QED) is 0.269. The molecule has 2 saturated heterocycles. The Hall–Kier alpha value is -0.400. The van der Waals surface area contributed by atoms with E-state index < -0.39 is 68.0 Å². The van der Waals surface area contributed by atoms with E-state index in [0.29, 0.717) is 0 Å². The monoisotopic (exact) mass is 326 g/mol. The van der Waals surface area contributed by atoms with Crippen molar-refractivity contribution in [1.82, 2.24) is 0 Å². The predicted octanol–water partition coefficient (Wildman–Crippen LogP) is -4.37. The van der Waals surface area contributed by atoms with E-state index in [-0.39, 0.29) is 0 Å². The molecule has 0 aliphatic carbocycles. The summed E-state index contributed by atoms with van der Waals surface area (Å²) >= 11 is 0. The third kappa shape index (κ3) is 3.26. The molecule has 2 aliphatic rings. The van der Waals surface area contributed by atoms with Gasteiger partial charge in [-0.25, -0.2) is 0 Å². The second-order valence-electron chi connectivity index (χ2n) is 5.51. The Kier molecular flexibility index (Phi) is 5.72. The molecule has 0 bridgehead atoms. The van der Waals surface area contributed by atoms with Crippen LogP contribution in [0.25, 0.3) is 0 Å². The summed E-state index contributed by atoms with van der Waals surface area (Å²) in [6.45, 7) is 0.846. The van der Waals surface area contributed by atoms with Crippen molar-refractivity contribution in [2.24, 2.45) is 0 Å². The van der Waals surface area contributed by atoms with Crippen molar-refractivity contribution in [3.8, 4) is 0 Å². The molecule has 10 atom stereocenters. The summed E-state index contributed by atoms with van der Waals surface area (Å²) in [5.41, 5.74) is 0. The summed E-state index contributed by atoms with van der Waals surface area (Å²) in [4.78, 5) is 0. The molecule has 2 heterocycles. The van der Waals surface area contributed by atoms with E-state index in [1.807, 2.05) is 0 Å². The Morgan fingerprint density at radius 3 is 2.05 bits per heavy atom. The molecule has 130 valence electrons. The highest BCUT2D eigenvalue weighted by atomic mass is 16.7. The molecule has 10 heteroatoms.